The second-order valence-corrected chi connectivity index (χ2v) is 5.54. The highest BCUT2D eigenvalue weighted by Gasteiger charge is 2.15. The number of aliphatic imine (C=N–C) groups is 1. The van der Waals surface area contributed by atoms with Crippen LogP contribution in [0.4, 0.5) is 0 Å². The average molecular weight is 464 g/mol. The fourth-order valence-electron chi connectivity index (χ4n) is 2.31. The van der Waals surface area contributed by atoms with E-state index in [1.165, 1.54) is 0 Å². The summed E-state index contributed by atoms with van der Waals surface area (Å²) in [5.74, 6) is 1.41. The molecule has 0 radical (unpaired) electrons. The van der Waals surface area contributed by atoms with E-state index in [2.05, 4.69) is 27.5 Å². The van der Waals surface area contributed by atoms with Crippen LogP contribution >= 0.6 is 24.0 Å². The Morgan fingerprint density at radius 2 is 2.28 bits per heavy atom. The Hall–Kier alpha value is -1.13. The van der Waals surface area contributed by atoms with Crippen LogP contribution in [-0.2, 0) is 16.0 Å². The fourth-order valence-corrected chi connectivity index (χ4v) is 2.31. The second kappa shape index (κ2) is 13.1. The van der Waals surface area contributed by atoms with Crippen LogP contribution in [-0.4, -0.2) is 57.1 Å². The Bertz CT molecular complexity index is 493. The van der Waals surface area contributed by atoms with E-state index in [4.69, 9.17) is 14.2 Å². The molecule has 1 aliphatic heterocycles. The van der Waals surface area contributed by atoms with E-state index in [9.17, 15) is 0 Å². The summed E-state index contributed by atoms with van der Waals surface area (Å²) in [6, 6.07) is 3.81. The molecule has 142 valence electrons. The minimum atomic E-state index is 0. The summed E-state index contributed by atoms with van der Waals surface area (Å²) in [6.45, 7) is 6.55. The highest BCUT2D eigenvalue weighted by atomic mass is 127. The highest BCUT2D eigenvalue weighted by Crippen LogP contribution is 2.08. The van der Waals surface area contributed by atoms with Crippen LogP contribution in [0.1, 0.15) is 25.3 Å². The van der Waals surface area contributed by atoms with E-state index in [1.807, 2.05) is 12.1 Å². The molecular formula is C17H29IN4O3. The molecule has 2 N–H and O–H groups in total. The number of hydrogen-bond donors (Lipinski definition) is 2. The summed E-state index contributed by atoms with van der Waals surface area (Å²) < 4.78 is 16.1. The lowest BCUT2D eigenvalue weighted by molar-refractivity contribution is 0.0420. The molecule has 1 aliphatic rings. The van der Waals surface area contributed by atoms with Crippen LogP contribution in [0.5, 0.6) is 5.88 Å². The number of nitrogens with one attached hydrogen (secondary N) is 2. The lowest BCUT2D eigenvalue weighted by Gasteiger charge is -2.13. The van der Waals surface area contributed by atoms with Gasteiger partial charge in [-0.2, -0.15) is 0 Å². The Morgan fingerprint density at radius 1 is 1.40 bits per heavy atom. The molecule has 1 aromatic heterocycles. The molecule has 1 aromatic rings. The monoisotopic (exact) mass is 464 g/mol. The van der Waals surface area contributed by atoms with Gasteiger partial charge in [0, 0.05) is 38.6 Å². The predicted octanol–water partition coefficient (Wildman–Crippen LogP) is 1.96. The van der Waals surface area contributed by atoms with Crippen LogP contribution in [0.2, 0.25) is 0 Å². The number of halogens is 1. The van der Waals surface area contributed by atoms with Crippen molar-refractivity contribution in [1.82, 2.24) is 15.6 Å². The van der Waals surface area contributed by atoms with E-state index in [0.717, 1.165) is 57.3 Å². The maximum Gasteiger partial charge on any atom is 0.212 e. The summed E-state index contributed by atoms with van der Waals surface area (Å²) in [7, 11) is 1.61. The minimum Gasteiger partial charge on any atom is -0.481 e. The molecule has 25 heavy (non-hydrogen) atoms. The van der Waals surface area contributed by atoms with E-state index < -0.39 is 0 Å². The molecular weight excluding hydrogens is 435 g/mol. The molecule has 1 unspecified atom stereocenters. The van der Waals surface area contributed by atoms with Gasteiger partial charge in [0.05, 0.1) is 26.4 Å². The van der Waals surface area contributed by atoms with Crippen molar-refractivity contribution in [1.29, 1.82) is 0 Å². The van der Waals surface area contributed by atoms with E-state index in [0.29, 0.717) is 12.4 Å². The normalized spacial score (nSPS) is 17.0. The molecule has 1 fully saturated rings. The molecule has 2 rings (SSSR count). The number of methoxy groups -OCH3 is 1. The lowest BCUT2D eigenvalue weighted by Crippen LogP contribution is -2.38. The first-order chi connectivity index (χ1) is 11.8. The number of guanidine groups is 1. The van der Waals surface area contributed by atoms with Gasteiger partial charge < -0.3 is 24.8 Å². The van der Waals surface area contributed by atoms with Crippen molar-refractivity contribution in [3.8, 4) is 5.88 Å². The third kappa shape index (κ3) is 8.68. The highest BCUT2D eigenvalue weighted by molar-refractivity contribution is 14.0. The van der Waals surface area contributed by atoms with Crippen molar-refractivity contribution in [2.24, 2.45) is 4.99 Å². The molecule has 0 spiro atoms. The Balaban J connectivity index is 0.00000312. The van der Waals surface area contributed by atoms with Gasteiger partial charge in [-0.25, -0.2) is 9.98 Å². The Labute approximate surface area is 167 Å². The van der Waals surface area contributed by atoms with Crippen LogP contribution < -0.4 is 15.4 Å². The number of pyridine rings is 1. The van der Waals surface area contributed by atoms with Gasteiger partial charge in [-0.05, 0) is 25.3 Å². The van der Waals surface area contributed by atoms with E-state index in [1.54, 1.807) is 13.3 Å². The topological polar surface area (TPSA) is 77.0 Å². The van der Waals surface area contributed by atoms with Gasteiger partial charge in [0.15, 0.2) is 5.96 Å². The number of nitrogens with zero attached hydrogens (tertiary/aromatic N) is 2. The summed E-state index contributed by atoms with van der Waals surface area (Å²) in [5, 5.41) is 6.56. The standard InChI is InChI=1S/C17H28N4O3.HI/c1-3-18-17(19-8-4-9-24-15-7-10-23-13-15)21-12-14-5-6-16(22-2)20-11-14;/h5-6,11,15H,3-4,7-10,12-13H2,1-2H3,(H2,18,19,21);1H. The van der Waals surface area contributed by atoms with Crippen molar-refractivity contribution in [2.75, 3.05) is 40.0 Å². The predicted molar refractivity (Wildman–Crippen MR) is 109 cm³/mol. The summed E-state index contributed by atoms with van der Waals surface area (Å²) in [6.07, 6.45) is 4.00. The third-order valence-corrected chi connectivity index (χ3v) is 3.63. The van der Waals surface area contributed by atoms with E-state index >= 15 is 0 Å². The number of aromatic nitrogens is 1. The maximum atomic E-state index is 5.75. The third-order valence-electron chi connectivity index (χ3n) is 3.63. The second-order valence-electron chi connectivity index (χ2n) is 5.54. The number of ether oxygens (including phenoxy) is 3. The molecule has 1 saturated heterocycles. The number of hydrogen-bond acceptors (Lipinski definition) is 5. The first kappa shape index (κ1) is 21.9. The van der Waals surface area contributed by atoms with Gasteiger partial charge in [-0.1, -0.05) is 6.07 Å². The first-order valence-electron chi connectivity index (χ1n) is 8.52. The molecule has 0 aromatic carbocycles. The average Bonchev–Trinajstić information content (AvgIpc) is 3.13. The van der Waals surface area contributed by atoms with Crippen LogP contribution in [0.15, 0.2) is 23.3 Å². The van der Waals surface area contributed by atoms with Gasteiger partial charge in [0.2, 0.25) is 5.88 Å². The molecule has 8 heteroatoms. The van der Waals surface area contributed by atoms with Crippen molar-refractivity contribution < 1.29 is 14.2 Å². The van der Waals surface area contributed by atoms with Gasteiger partial charge in [0.25, 0.3) is 0 Å². The van der Waals surface area contributed by atoms with Crippen molar-refractivity contribution in [3.63, 3.8) is 0 Å². The lowest BCUT2D eigenvalue weighted by atomic mass is 10.3. The molecule has 1 atom stereocenters. The van der Waals surface area contributed by atoms with Crippen molar-refractivity contribution in [3.05, 3.63) is 23.9 Å². The van der Waals surface area contributed by atoms with Gasteiger partial charge in [-0.15, -0.1) is 24.0 Å². The molecule has 7 nitrogen and oxygen atoms in total. The molecule has 0 aliphatic carbocycles. The maximum absolute atomic E-state index is 5.75. The quantitative estimate of drug-likeness (QED) is 0.252. The Morgan fingerprint density at radius 3 is 2.92 bits per heavy atom. The largest absolute Gasteiger partial charge is 0.481 e. The van der Waals surface area contributed by atoms with Crippen LogP contribution in [0.3, 0.4) is 0 Å². The summed E-state index contributed by atoms with van der Waals surface area (Å²) in [4.78, 5) is 8.75. The zero-order valence-corrected chi connectivity index (χ0v) is 17.3. The van der Waals surface area contributed by atoms with Gasteiger partial charge in [0.1, 0.15) is 0 Å². The van der Waals surface area contributed by atoms with Crippen molar-refractivity contribution in [2.45, 2.75) is 32.4 Å². The van der Waals surface area contributed by atoms with Crippen molar-refractivity contribution >= 4 is 29.9 Å². The van der Waals surface area contributed by atoms with Crippen LogP contribution in [0, 0.1) is 0 Å². The van der Waals surface area contributed by atoms with Gasteiger partial charge in [-0.3, -0.25) is 0 Å². The molecule has 0 amide bonds. The summed E-state index contributed by atoms with van der Waals surface area (Å²) >= 11 is 0. The molecule has 0 bridgehead atoms. The SMILES string of the molecule is CCNC(=NCc1ccc(OC)nc1)NCCCOC1CCOC1.I. The number of rotatable bonds is 9. The first-order valence-corrected chi connectivity index (χ1v) is 8.52. The zero-order chi connectivity index (χ0) is 17.0. The van der Waals surface area contributed by atoms with Crippen LogP contribution in [0.25, 0.3) is 0 Å². The smallest absolute Gasteiger partial charge is 0.212 e. The summed E-state index contributed by atoms with van der Waals surface area (Å²) in [5.41, 5.74) is 1.04. The zero-order valence-electron chi connectivity index (χ0n) is 15.0. The fraction of sp³-hybridized carbons (Fsp3) is 0.647. The Kier molecular flexibility index (Phi) is 11.5. The van der Waals surface area contributed by atoms with Gasteiger partial charge >= 0.3 is 0 Å². The molecule has 2 heterocycles. The minimum absolute atomic E-state index is 0. The molecule has 0 saturated carbocycles. The van der Waals surface area contributed by atoms with E-state index in [-0.39, 0.29) is 30.1 Å².